The van der Waals surface area contributed by atoms with Gasteiger partial charge in [-0.15, -0.1) is 0 Å². The lowest BCUT2D eigenvalue weighted by Crippen LogP contribution is -2.36. The summed E-state index contributed by atoms with van der Waals surface area (Å²) in [5, 5.41) is 0. The maximum absolute atomic E-state index is 6.27. The van der Waals surface area contributed by atoms with Crippen molar-refractivity contribution in [2.24, 2.45) is 11.3 Å². The molecule has 16 heavy (non-hydrogen) atoms. The van der Waals surface area contributed by atoms with Crippen LogP contribution in [0.3, 0.4) is 0 Å². The molecule has 0 spiro atoms. The fourth-order valence-corrected chi connectivity index (χ4v) is 4.49. The van der Waals surface area contributed by atoms with Crippen LogP contribution in [-0.2, 0) is 9.47 Å². The second-order valence-electron chi connectivity index (χ2n) is 6.48. The molecule has 2 bridgehead atoms. The Morgan fingerprint density at radius 1 is 1.25 bits per heavy atom. The van der Waals surface area contributed by atoms with Crippen LogP contribution in [-0.4, -0.2) is 25.4 Å². The van der Waals surface area contributed by atoms with E-state index in [1.165, 1.54) is 44.9 Å². The SMILES string of the molecule is COCC12CCC(O1)C(C1(C)CCCC1)C2. The van der Waals surface area contributed by atoms with Gasteiger partial charge in [-0.1, -0.05) is 19.8 Å². The third kappa shape index (κ3) is 1.53. The molecule has 2 heteroatoms. The van der Waals surface area contributed by atoms with Gasteiger partial charge in [-0.05, 0) is 43.4 Å². The molecule has 92 valence electrons. The number of methoxy groups -OCH3 is 1. The minimum atomic E-state index is 0.0929. The summed E-state index contributed by atoms with van der Waals surface area (Å²) in [5.41, 5.74) is 0.663. The van der Waals surface area contributed by atoms with Gasteiger partial charge in [-0.2, -0.15) is 0 Å². The molecule has 2 saturated heterocycles. The third-order valence-electron chi connectivity index (χ3n) is 5.37. The highest BCUT2D eigenvalue weighted by Crippen LogP contribution is 2.57. The van der Waals surface area contributed by atoms with Gasteiger partial charge in [0.05, 0.1) is 18.3 Å². The smallest absolute Gasteiger partial charge is 0.0923 e. The molecule has 0 amide bonds. The van der Waals surface area contributed by atoms with Crippen molar-refractivity contribution in [2.75, 3.05) is 13.7 Å². The van der Waals surface area contributed by atoms with Gasteiger partial charge in [0.15, 0.2) is 0 Å². The Labute approximate surface area is 98.7 Å². The van der Waals surface area contributed by atoms with E-state index < -0.39 is 0 Å². The molecule has 3 rings (SSSR count). The van der Waals surface area contributed by atoms with Crippen LogP contribution in [0.4, 0.5) is 0 Å². The van der Waals surface area contributed by atoms with Gasteiger partial charge >= 0.3 is 0 Å². The van der Waals surface area contributed by atoms with Crippen molar-refractivity contribution in [2.45, 2.75) is 63.6 Å². The first kappa shape index (κ1) is 11.0. The van der Waals surface area contributed by atoms with Gasteiger partial charge in [0.2, 0.25) is 0 Å². The van der Waals surface area contributed by atoms with E-state index in [4.69, 9.17) is 9.47 Å². The average Bonchev–Trinajstić information content (AvgIpc) is 2.92. The van der Waals surface area contributed by atoms with Crippen LogP contribution in [0.2, 0.25) is 0 Å². The van der Waals surface area contributed by atoms with Crippen molar-refractivity contribution in [3.8, 4) is 0 Å². The Morgan fingerprint density at radius 3 is 2.69 bits per heavy atom. The molecule has 3 aliphatic rings. The Hall–Kier alpha value is -0.0800. The summed E-state index contributed by atoms with van der Waals surface area (Å²) in [4.78, 5) is 0. The first-order valence-electron chi connectivity index (χ1n) is 6.84. The van der Waals surface area contributed by atoms with Crippen molar-refractivity contribution in [3.05, 3.63) is 0 Å². The molecular formula is C14H24O2. The van der Waals surface area contributed by atoms with Crippen molar-refractivity contribution in [1.82, 2.24) is 0 Å². The van der Waals surface area contributed by atoms with E-state index in [0.717, 1.165) is 12.5 Å². The van der Waals surface area contributed by atoms with Crippen molar-refractivity contribution in [1.29, 1.82) is 0 Å². The Bertz CT molecular complexity index is 270. The number of hydrogen-bond donors (Lipinski definition) is 0. The fraction of sp³-hybridized carbons (Fsp3) is 1.00. The maximum Gasteiger partial charge on any atom is 0.0923 e. The number of fused-ring (bicyclic) bond motifs is 2. The van der Waals surface area contributed by atoms with Crippen molar-refractivity contribution < 1.29 is 9.47 Å². The predicted molar refractivity (Wildman–Crippen MR) is 63.4 cm³/mol. The zero-order chi connectivity index (χ0) is 11.2. The lowest BCUT2D eigenvalue weighted by Gasteiger charge is -2.36. The summed E-state index contributed by atoms with van der Waals surface area (Å²) in [5.74, 6) is 0.805. The second kappa shape index (κ2) is 3.71. The number of ether oxygens (including phenoxy) is 2. The first-order valence-corrected chi connectivity index (χ1v) is 6.84. The largest absolute Gasteiger partial charge is 0.382 e. The summed E-state index contributed by atoms with van der Waals surface area (Å²) >= 11 is 0. The average molecular weight is 224 g/mol. The molecule has 0 aromatic carbocycles. The quantitative estimate of drug-likeness (QED) is 0.733. The predicted octanol–water partition coefficient (Wildman–Crippen LogP) is 3.15. The topological polar surface area (TPSA) is 18.5 Å². The highest BCUT2D eigenvalue weighted by Gasteiger charge is 2.57. The molecule has 1 aliphatic carbocycles. The Balaban J connectivity index is 1.75. The second-order valence-corrected chi connectivity index (χ2v) is 6.48. The minimum absolute atomic E-state index is 0.0929. The highest BCUT2D eigenvalue weighted by molar-refractivity contribution is 5.06. The van der Waals surface area contributed by atoms with E-state index >= 15 is 0 Å². The molecule has 3 fully saturated rings. The van der Waals surface area contributed by atoms with Crippen LogP contribution in [0.25, 0.3) is 0 Å². The van der Waals surface area contributed by atoms with Gasteiger partial charge in [0, 0.05) is 7.11 Å². The molecule has 3 unspecified atom stereocenters. The summed E-state index contributed by atoms with van der Waals surface area (Å²) in [7, 11) is 1.80. The van der Waals surface area contributed by atoms with E-state index in [-0.39, 0.29) is 5.60 Å². The number of hydrogen-bond acceptors (Lipinski definition) is 2. The molecule has 2 aliphatic heterocycles. The molecule has 1 saturated carbocycles. The molecule has 2 nitrogen and oxygen atoms in total. The summed E-state index contributed by atoms with van der Waals surface area (Å²) in [6.45, 7) is 3.30. The molecular weight excluding hydrogens is 200 g/mol. The summed E-state index contributed by atoms with van der Waals surface area (Å²) < 4.78 is 11.6. The van der Waals surface area contributed by atoms with E-state index in [9.17, 15) is 0 Å². The van der Waals surface area contributed by atoms with E-state index in [1.54, 1.807) is 7.11 Å². The Morgan fingerprint density at radius 2 is 2.00 bits per heavy atom. The molecule has 0 aromatic rings. The standard InChI is InChI=1S/C14H24O2/c1-13(6-3-4-7-13)11-9-14(10-15-2)8-5-12(11)16-14/h11-12H,3-10H2,1-2H3. The van der Waals surface area contributed by atoms with E-state index in [1.807, 2.05) is 0 Å². The highest BCUT2D eigenvalue weighted by atomic mass is 16.6. The van der Waals surface area contributed by atoms with Crippen LogP contribution in [0.5, 0.6) is 0 Å². The van der Waals surface area contributed by atoms with E-state index in [0.29, 0.717) is 11.5 Å². The monoisotopic (exact) mass is 224 g/mol. The molecule has 0 N–H and O–H groups in total. The molecule has 2 heterocycles. The zero-order valence-electron chi connectivity index (χ0n) is 10.6. The zero-order valence-corrected chi connectivity index (χ0v) is 10.6. The lowest BCUT2D eigenvalue weighted by atomic mass is 9.66. The van der Waals surface area contributed by atoms with Crippen LogP contribution >= 0.6 is 0 Å². The van der Waals surface area contributed by atoms with Gasteiger partial charge in [0.25, 0.3) is 0 Å². The van der Waals surface area contributed by atoms with Gasteiger partial charge in [-0.25, -0.2) is 0 Å². The normalized spacial score (nSPS) is 45.4. The van der Waals surface area contributed by atoms with Gasteiger partial charge in [-0.3, -0.25) is 0 Å². The lowest BCUT2D eigenvalue weighted by molar-refractivity contribution is -0.0429. The molecule has 0 radical (unpaired) electrons. The Kier molecular flexibility index (Phi) is 2.56. The first-order chi connectivity index (χ1) is 7.68. The maximum atomic E-state index is 6.27. The minimum Gasteiger partial charge on any atom is -0.382 e. The van der Waals surface area contributed by atoms with Crippen LogP contribution in [0.15, 0.2) is 0 Å². The molecule has 0 aromatic heterocycles. The van der Waals surface area contributed by atoms with Crippen molar-refractivity contribution in [3.63, 3.8) is 0 Å². The van der Waals surface area contributed by atoms with Gasteiger partial charge < -0.3 is 9.47 Å². The van der Waals surface area contributed by atoms with E-state index in [2.05, 4.69) is 6.92 Å². The number of rotatable bonds is 3. The van der Waals surface area contributed by atoms with Gasteiger partial charge in [0.1, 0.15) is 0 Å². The summed E-state index contributed by atoms with van der Waals surface area (Å²) in [6.07, 6.45) is 9.97. The third-order valence-corrected chi connectivity index (χ3v) is 5.37. The van der Waals surface area contributed by atoms with Crippen LogP contribution < -0.4 is 0 Å². The van der Waals surface area contributed by atoms with Crippen molar-refractivity contribution >= 4 is 0 Å². The fourth-order valence-electron chi connectivity index (χ4n) is 4.49. The summed E-state index contributed by atoms with van der Waals surface area (Å²) in [6, 6.07) is 0. The van der Waals surface area contributed by atoms with Crippen LogP contribution in [0.1, 0.15) is 51.9 Å². The van der Waals surface area contributed by atoms with Crippen LogP contribution in [0, 0.1) is 11.3 Å². The molecule has 3 atom stereocenters.